The number of nitrogens with one attached hydrogen (secondary N) is 1. The molecule has 0 spiro atoms. The topological polar surface area (TPSA) is 55.4 Å². The first kappa shape index (κ1) is 19.5. The third-order valence-corrected chi connectivity index (χ3v) is 3.83. The number of aryl methyl sites for hydroxylation is 1. The summed E-state index contributed by atoms with van der Waals surface area (Å²) >= 11 is 0. The number of carbonyl (C=O) groups is 2. The number of amides is 1. The van der Waals surface area contributed by atoms with Crippen LogP contribution in [0.1, 0.15) is 27.0 Å². The van der Waals surface area contributed by atoms with Gasteiger partial charge in [-0.05, 0) is 36.8 Å². The van der Waals surface area contributed by atoms with E-state index in [0.29, 0.717) is 0 Å². The van der Waals surface area contributed by atoms with Crippen LogP contribution in [0.3, 0.4) is 0 Å². The number of esters is 1. The normalized spacial score (nSPS) is 12.3. The van der Waals surface area contributed by atoms with Crippen LogP contribution in [0, 0.1) is 6.92 Å². The Morgan fingerprint density at radius 3 is 2.12 bits per heavy atom. The van der Waals surface area contributed by atoms with Crippen LogP contribution < -0.4 is 5.32 Å². The molecule has 7 heteroatoms. The molecular weight excluding hydrogens is 347 g/mol. The molecule has 2 rings (SSSR count). The van der Waals surface area contributed by atoms with Gasteiger partial charge >= 0.3 is 12.1 Å². The number of hydrogen-bond donors (Lipinski definition) is 1. The van der Waals surface area contributed by atoms with E-state index in [9.17, 15) is 22.8 Å². The number of hydrogen-bond acceptors (Lipinski definition) is 3. The maximum Gasteiger partial charge on any atom is 0.416 e. The van der Waals surface area contributed by atoms with E-state index in [0.717, 1.165) is 35.4 Å². The number of benzene rings is 2. The number of alkyl halides is 3. The van der Waals surface area contributed by atoms with Gasteiger partial charge in [-0.1, -0.05) is 29.8 Å². The van der Waals surface area contributed by atoms with Crippen molar-refractivity contribution in [3.8, 4) is 0 Å². The van der Waals surface area contributed by atoms with Crippen LogP contribution in [0.5, 0.6) is 0 Å². The van der Waals surface area contributed by atoms with Gasteiger partial charge in [-0.2, -0.15) is 13.2 Å². The monoisotopic (exact) mass is 365 g/mol. The minimum atomic E-state index is -4.48. The zero-order valence-corrected chi connectivity index (χ0v) is 14.3. The molecule has 1 atom stereocenters. The van der Waals surface area contributed by atoms with Crippen LogP contribution in [0.15, 0.2) is 48.5 Å². The van der Waals surface area contributed by atoms with Crippen LogP contribution in [0.2, 0.25) is 0 Å². The van der Waals surface area contributed by atoms with E-state index in [4.69, 9.17) is 4.74 Å². The Labute approximate surface area is 149 Å². The number of carbonyl (C=O) groups excluding carboxylic acids is 2. The van der Waals surface area contributed by atoms with E-state index in [-0.39, 0.29) is 12.0 Å². The molecule has 0 saturated carbocycles. The fraction of sp³-hybridized carbons (Fsp3) is 0.263. The fourth-order valence-electron chi connectivity index (χ4n) is 2.35. The molecule has 0 saturated heterocycles. The van der Waals surface area contributed by atoms with Crippen LogP contribution in [0.4, 0.5) is 13.2 Å². The van der Waals surface area contributed by atoms with E-state index < -0.39 is 29.7 Å². The van der Waals surface area contributed by atoms with Gasteiger partial charge in [0.2, 0.25) is 0 Å². The molecule has 0 aliphatic carbocycles. The average Bonchev–Trinajstić information content (AvgIpc) is 2.61. The first-order valence-corrected chi connectivity index (χ1v) is 7.82. The quantitative estimate of drug-likeness (QED) is 0.825. The summed E-state index contributed by atoms with van der Waals surface area (Å²) in [6.45, 7) is 1.92. The van der Waals surface area contributed by atoms with Crippen LogP contribution in [-0.2, 0) is 22.1 Å². The molecule has 138 valence electrons. The largest absolute Gasteiger partial charge is 0.467 e. The molecule has 0 aromatic heterocycles. The Morgan fingerprint density at radius 2 is 1.62 bits per heavy atom. The van der Waals surface area contributed by atoms with Gasteiger partial charge in [0.15, 0.2) is 0 Å². The Morgan fingerprint density at radius 1 is 1.04 bits per heavy atom. The van der Waals surface area contributed by atoms with Crippen molar-refractivity contribution in [2.75, 3.05) is 7.11 Å². The molecule has 0 radical (unpaired) electrons. The van der Waals surface area contributed by atoms with E-state index >= 15 is 0 Å². The van der Waals surface area contributed by atoms with E-state index in [1.54, 1.807) is 0 Å². The maximum atomic E-state index is 12.6. The van der Waals surface area contributed by atoms with Crippen LogP contribution in [0.25, 0.3) is 0 Å². The highest BCUT2D eigenvalue weighted by Crippen LogP contribution is 2.29. The van der Waals surface area contributed by atoms with Crippen molar-refractivity contribution in [3.63, 3.8) is 0 Å². The van der Waals surface area contributed by atoms with Crippen molar-refractivity contribution in [2.45, 2.75) is 25.6 Å². The van der Waals surface area contributed by atoms with Crippen molar-refractivity contribution < 1.29 is 27.5 Å². The lowest BCUT2D eigenvalue weighted by atomic mass is 10.0. The Kier molecular flexibility index (Phi) is 6.02. The summed E-state index contributed by atoms with van der Waals surface area (Å²) in [5, 5.41) is 2.51. The third-order valence-electron chi connectivity index (χ3n) is 3.83. The second kappa shape index (κ2) is 8.03. The minimum Gasteiger partial charge on any atom is -0.467 e. The average molecular weight is 365 g/mol. The van der Waals surface area contributed by atoms with Crippen molar-refractivity contribution in [3.05, 3.63) is 70.8 Å². The molecule has 0 heterocycles. The standard InChI is InChI=1S/C19H18F3NO3/c1-12-3-5-13(6-4-12)11-16(18(25)26-2)23-17(24)14-7-9-15(10-8-14)19(20,21)22/h3-10,16H,11H2,1-2H3,(H,23,24)/t16-/m0/s1. The van der Waals surface area contributed by atoms with Gasteiger partial charge in [-0.15, -0.1) is 0 Å². The number of rotatable bonds is 5. The van der Waals surface area contributed by atoms with E-state index in [2.05, 4.69) is 5.32 Å². The molecule has 0 bridgehead atoms. The lowest BCUT2D eigenvalue weighted by molar-refractivity contribution is -0.142. The van der Waals surface area contributed by atoms with Gasteiger partial charge in [-0.25, -0.2) is 4.79 Å². The summed E-state index contributed by atoms with van der Waals surface area (Å²) < 4.78 is 42.5. The lowest BCUT2D eigenvalue weighted by Crippen LogP contribution is -2.43. The third kappa shape index (κ3) is 5.08. The summed E-state index contributed by atoms with van der Waals surface area (Å²) in [7, 11) is 1.20. The van der Waals surface area contributed by atoms with Crippen LogP contribution >= 0.6 is 0 Å². The smallest absolute Gasteiger partial charge is 0.416 e. The highest BCUT2D eigenvalue weighted by Gasteiger charge is 2.30. The predicted octanol–water partition coefficient (Wildman–Crippen LogP) is 3.53. The van der Waals surface area contributed by atoms with Gasteiger partial charge in [0.25, 0.3) is 5.91 Å². The summed E-state index contributed by atoms with van der Waals surface area (Å²) in [5.74, 6) is -1.29. The molecule has 1 N–H and O–H groups in total. The second-order valence-electron chi connectivity index (χ2n) is 5.81. The van der Waals surface area contributed by atoms with Gasteiger partial charge in [-0.3, -0.25) is 4.79 Å². The minimum absolute atomic E-state index is 0.0239. The summed E-state index contributed by atoms with van der Waals surface area (Å²) in [6, 6.07) is 10.2. The summed E-state index contributed by atoms with van der Waals surface area (Å²) in [4.78, 5) is 24.2. The predicted molar refractivity (Wildman–Crippen MR) is 89.6 cm³/mol. The van der Waals surface area contributed by atoms with Gasteiger partial charge < -0.3 is 10.1 Å². The molecule has 2 aromatic rings. The SMILES string of the molecule is COC(=O)[C@H](Cc1ccc(C)cc1)NC(=O)c1ccc(C(F)(F)F)cc1. The van der Waals surface area contributed by atoms with Gasteiger partial charge in [0.05, 0.1) is 12.7 Å². The first-order valence-electron chi connectivity index (χ1n) is 7.82. The molecule has 0 aliphatic heterocycles. The first-order chi connectivity index (χ1) is 12.2. The Balaban J connectivity index is 2.13. The highest BCUT2D eigenvalue weighted by atomic mass is 19.4. The summed E-state index contributed by atoms with van der Waals surface area (Å²) in [6.07, 6.45) is -4.27. The van der Waals surface area contributed by atoms with Crippen LogP contribution in [-0.4, -0.2) is 25.0 Å². The van der Waals surface area contributed by atoms with Crippen molar-refractivity contribution >= 4 is 11.9 Å². The molecule has 0 unspecified atom stereocenters. The summed E-state index contributed by atoms with van der Waals surface area (Å²) in [5.41, 5.74) is 1.05. The number of methoxy groups -OCH3 is 1. The molecule has 0 fully saturated rings. The fourth-order valence-corrected chi connectivity index (χ4v) is 2.35. The van der Waals surface area contributed by atoms with E-state index in [1.807, 2.05) is 31.2 Å². The zero-order valence-electron chi connectivity index (χ0n) is 14.3. The Hall–Kier alpha value is -2.83. The highest BCUT2D eigenvalue weighted by molar-refractivity contribution is 5.96. The van der Waals surface area contributed by atoms with Crippen molar-refractivity contribution in [1.82, 2.24) is 5.32 Å². The lowest BCUT2D eigenvalue weighted by Gasteiger charge is -2.17. The molecule has 26 heavy (non-hydrogen) atoms. The molecular formula is C19H18F3NO3. The Bertz CT molecular complexity index is 768. The second-order valence-corrected chi connectivity index (χ2v) is 5.81. The molecule has 0 aliphatic rings. The van der Waals surface area contributed by atoms with Gasteiger partial charge in [0.1, 0.15) is 6.04 Å². The van der Waals surface area contributed by atoms with E-state index in [1.165, 1.54) is 7.11 Å². The maximum absolute atomic E-state index is 12.6. The number of ether oxygens (including phenoxy) is 1. The molecule has 4 nitrogen and oxygen atoms in total. The molecule has 2 aromatic carbocycles. The molecule has 1 amide bonds. The van der Waals surface area contributed by atoms with Crippen molar-refractivity contribution in [2.24, 2.45) is 0 Å². The van der Waals surface area contributed by atoms with Crippen molar-refractivity contribution in [1.29, 1.82) is 0 Å². The number of halogens is 3. The van der Waals surface area contributed by atoms with Gasteiger partial charge in [0, 0.05) is 12.0 Å². The zero-order chi connectivity index (χ0) is 19.3.